The molecule has 2 fully saturated rings. The first-order chi connectivity index (χ1) is 9.19. The third kappa shape index (κ3) is 2.14. The van der Waals surface area contributed by atoms with Crippen molar-refractivity contribution in [2.75, 3.05) is 31.1 Å². The van der Waals surface area contributed by atoms with Crippen LogP contribution in [0.15, 0.2) is 18.2 Å². The van der Waals surface area contributed by atoms with Gasteiger partial charge in [0, 0.05) is 37.4 Å². The van der Waals surface area contributed by atoms with Crippen molar-refractivity contribution in [1.82, 2.24) is 10.2 Å². The summed E-state index contributed by atoms with van der Waals surface area (Å²) < 4.78 is 0. The number of urea groups is 1. The number of benzene rings is 1. The smallest absolute Gasteiger partial charge is 0.317 e. The van der Waals surface area contributed by atoms with Crippen molar-refractivity contribution in [2.45, 2.75) is 19.6 Å². The summed E-state index contributed by atoms with van der Waals surface area (Å²) in [7, 11) is 0. The maximum atomic E-state index is 11.6. The van der Waals surface area contributed by atoms with E-state index in [-0.39, 0.29) is 18.7 Å². The van der Waals surface area contributed by atoms with Gasteiger partial charge in [-0.1, -0.05) is 17.7 Å². The zero-order chi connectivity index (χ0) is 13.4. The van der Waals surface area contributed by atoms with E-state index in [4.69, 9.17) is 0 Å². The number of piperazine rings is 1. The van der Waals surface area contributed by atoms with Crippen LogP contribution in [0.2, 0.25) is 0 Å². The predicted octanol–water partition coefficient (Wildman–Crippen LogP) is 0.701. The fourth-order valence-corrected chi connectivity index (χ4v) is 2.97. The Morgan fingerprint density at radius 2 is 2.26 bits per heavy atom. The lowest BCUT2D eigenvalue weighted by Gasteiger charge is -2.38. The Balaban J connectivity index is 1.82. The van der Waals surface area contributed by atoms with Gasteiger partial charge in [0.15, 0.2) is 0 Å². The first-order valence-electron chi connectivity index (χ1n) is 6.69. The second kappa shape index (κ2) is 4.74. The molecule has 2 aliphatic rings. The summed E-state index contributed by atoms with van der Waals surface area (Å²) in [5.41, 5.74) is 3.21. The standard InChI is InChI=1S/C14H19N3O2/c1-10-2-3-13(11(6-10)9-18)16-4-5-17-12(8-16)7-15-14(17)19/h2-3,6,12,18H,4-5,7-9H2,1H3,(H,15,19). The number of carbonyl (C=O) groups is 1. The normalized spacial score (nSPS) is 22.4. The number of carbonyl (C=O) groups excluding carboxylic acids is 1. The van der Waals surface area contributed by atoms with Gasteiger partial charge in [-0.15, -0.1) is 0 Å². The number of nitrogens with one attached hydrogen (secondary N) is 1. The second-order valence-electron chi connectivity index (χ2n) is 5.27. The highest BCUT2D eigenvalue weighted by molar-refractivity contribution is 5.77. The van der Waals surface area contributed by atoms with E-state index in [0.717, 1.165) is 43.0 Å². The minimum Gasteiger partial charge on any atom is -0.392 e. The van der Waals surface area contributed by atoms with Gasteiger partial charge < -0.3 is 20.2 Å². The van der Waals surface area contributed by atoms with E-state index in [2.05, 4.69) is 22.3 Å². The Kier molecular flexibility index (Phi) is 3.06. The molecule has 5 nitrogen and oxygen atoms in total. The lowest BCUT2D eigenvalue weighted by atomic mass is 10.1. The first-order valence-corrected chi connectivity index (χ1v) is 6.69. The quantitative estimate of drug-likeness (QED) is 0.824. The largest absolute Gasteiger partial charge is 0.392 e. The molecule has 3 rings (SSSR count). The summed E-state index contributed by atoms with van der Waals surface area (Å²) in [4.78, 5) is 15.8. The van der Waals surface area contributed by atoms with Crippen LogP contribution in [0.5, 0.6) is 0 Å². The molecule has 2 aliphatic heterocycles. The van der Waals surface area contributed by atoms with Crippen LogP contribution in [0.25, 0.3) is 0 Å². The van der Waals surface area contributed by atoms with Gasteiger partial charge in [-0.2, -0.15) is 0 Å². The Labute approximate surface area is 112 Å². The lowest BCUT2D eigenvalue weighted by Crippen LogP contribution is -2.52. The highest BCUT2D eigenvalue weighted by Gasteiger charge is 2.35. The SMILES string of the molecule is Cc1ccc(N2CCN3C(=O)NCC3C2)c(CO)c1. The Bertz CT molecular complexity index is 503. The van der Waals surface area contributed by atoms with Crippen LogP contribution in [0.1, 0.15) is 11.1 Å². The van der Waals surface area contributed by atoms with E-state index in [1.54, 1.807) is 0 Å². The van der Waals surface area contributed by atoms with Crippen molar-refractivity contribution >= 4 is 11.7 Å². The number of hydrogen-bond donors (Lipinski definition) is 2. The first kappa shape index (κ1) is 12.3. The van der Waals surface area contributed by atoms with E-state index < -0.39 is 0 Å². The van der Waals surface area contributed by atoms with Crippen molar-refractivity contribution in [2.24, 2.45) is 0 Å². The molecule has 1 aromatic rings. The molecule has 0 saturated carbocycles. The van der Waals surface area contributed by atoms with Crippen molar-refractivity contribution in [1.29, 1.82) is 0 Å². The molecule has 1 atom stereocenters. The fraction of sp³-hybridized carbons (Fsp3) is 0.500. The van der Waals surface area contributed by atoms with Crippen LogP contribution < -0.4 is 10.2 Å². The van der Waals surface area contributed by atoms with Crippen LogP contribution in [-0.2, 0) is 6.61 Å². The van der Waals surface area contributed by atoms with Crippen molar-refractivity contribution in [3.63, 3.8) is 0 Å². The number of aryl methyl sites for hydroxylation is 1. The van der Waals surface area contributed by atoms with Crippen molar-refractivity contribution < 1.29 is 9.90 Å². The van der Waals surface area contributed by atoms with E-state index >= 15 is 0 Å². The molecule has 102 valence electrons. The lowest BCUT2D eigenvalue weighted by molar-refractivity contribution is 0.197. The molecule has 1 aromatic carbocycles. The van der Waals surface area contributed by atoms with Crippen molar-refractivity contribution in [3.05, 3.63) is 29.3 Å². The molecule has 2 heterocycles. The molecule has 1 unspecified atom stereocenters. The monoisotopic (exact) mass is 261 g/mol. The molecule has 0 spiro atoms. The molecule has 0 radical (unpaired) electrons. The highest BCUT2D eigenvalue weighted by Crippen LogP contribution is 2.25. The third-order valence-corrected chi connectivity index (χ3v) is 3.98. The number of nitrogens with zero attached hydrogens (tertiary/aromatic N) is 2. The van der Waals surface area contributed by atoms with E-state index in [1.807, 2.05) is 17.9 Å². The maximum absolute atomic E-state index is 11.6. The average molecular weight is 261 g/mol. The summed E-state index contributed by atoms with van der Waals surface area (Å²) in [6, 6.07) is 6.46. The number of anilines is 1. The van der Waals surface area contributed by atoms with Crippen LogP contribution >= 0.6 is 0 Å². The number of fused-ring (bicyclic) bond motifs is 1. The zero-order valence-corrected chi connectivity index (χ0v) is 11.1. The summed E-state index contributed by atoms with van der Waals surface area (Å²) in [5.74, 6) is 0. The van der Waals surface area contributed by atoms with E-state index in [0.29, 0.717) is 0 Å². The molecule has 2 amide bonds. The van der Waals surface area contributed by atoms with Crippen LogP contribution in [0.3, 0.4) is 0 Å². The Hall–Kier alpha value is -1.75. The number of hydrogen-bond acceptors (Lipinski definition) is 3. The minimum absolute atomic E-state index is 0.0518. The Morgan fingerprint density at radius 1 is 1.42 bits per heavy atom. The van der Waals surface area contributed by atoms with Gasteiger partial charge in [0.1, 0.15) is 0 Å². The molecule has 2 saturated heterocycles. The van der Waals surface area contributed by atoms with Crippen molar-refractivity contribution in [3.8, 4) is 0 Å². The number of aliphatic hydroxyl groups is 1. The number of rotatable bonds is 2. The minimum atomic E-state index is 0.0518. The number of aliphatic hydroxyl groups excluding tert-OH is 1. The molecule has 2 N–H and O–H groups in total. The van der Waals surface area contributed by atoms with Gasteiger partial charge in [-0.3, -0.25) is 0 Å². The van der Waals surface area contributed by atoms with Gasteiger partial charge in [-0.25, -0.2) is 4.79 Å². The van der Waals surface area contributed by atoms with Gasteiger partial charge in [0.2, 0.25) is 0 Å². The molecular weight excluding hydrogens is 242 g/mol. The predicted molar refractivity (Wildman–Crippen MR) is 73.2 cm³/mol. The third-order valence-electron chi connectivity index (χ3n) is 3.98. The molecule has 0 aliphatic carbocycles. The molecule has 19 heavy (non-hydrogen) atoms. The van der Waals surface area contributed by atoms with Crippen LogP contribution in [0.4, 0.5) is 10.5 Å². The van der Waals surface area contributed by atoms with Crippen LogP contribution in [0, 0.1) is 6.92 Å². The molecular formula is C14H19N3O2. The summed E-state index contributed by atoms with van der Waals surface area (Å²) >= 11 is 0. The van der Waals surface area contributed by atoms with Gasteiger partial charge in [-0.05, 0) is 13.0 Å². The highest BCUT2D eigenvalue weighted by atomic mass is 16.3. The average Bonchev–Trinajstić information content (AvgIpc) is 2.79. The number of amides is 2. The summed E-state index contributed by atoms with van der Waals surface area (Å²) in [5, 5.41) is 12.4. The summed E-state index contributed by atoms with van der Waals surface area (Å²) in [6.45, 7) is 5.19. The Morgan fingerprint density at radius 3 is 3.05 bits per heavy atom. The topological polar surface area (TPSA) is 55.8 Å². The second-order valence-corrected chi connectivity index (χ2v) is 5.27. The van der Waals surface area contributed by atoms with E-state index in [9.17, 15) is 9.90 Å². The van der Waals surface area contributed by atoms with Gasteiger partial charge >= 0.3 is 6.03 Å². The van der Waals surface area contributed by atoms with Gasteiger partial charge in [0.05, 0.1) is 12.6 Å². The maximum Gasteiger partial charge on any atom is 0.317 e. The zero-order valence-electron chi connectivity index (χ0n) is 11.1. The fourth-order valence-electron chi connectivity index (χ4n) is 2.97. The molecule has 0 bridgehead atoms. The van der Waals surface area contributed by atoms with Gasteiger partial charge in [0.25, 0.3) is 0 Å². The summed E-state index contributed by atoms with van der Waals surface area (Å²) in [6.07, 6.45) is 0. The van der Waals surface area contributed by atoms with E-state index in [1.165, 1.54) is 0 Å². The molecule has 0 aromatic heterocycles. The molecule has 5 heteroatoms. The van der Waals surface area contributed by atoms with Crippen LogP contribution in [-0.4, -0.2) is 48.3 Å².